The van der Waals surface area contributed by atoms with Gasteiger partial charge in [0.2, 0.25) is 0 Å². The first kappa shape index (κ1) is 21.2. The molecule has 5 aromatic carbocycles. The number of benzene rings is 5. The molecule has 0 N–H and O–H groups in total. The normalized spacial score (nSPS) is 13.7. The van der Waals surface area contributed by atoms with Gasteiger partial charge in [-0.25, -0.2) is 0 Å². The molecule has 1 atom stereocenters. The van der Waals surface area contributed by atoms with Crippen molar-refractivity contribution in [2.75, 3.05) is 16.8 Å². The van der Waals surface area contributed by atoms with Crippen molar-refractivity contribution in [1.29, 1.82) is 0 Å². The van der Waals surface area contributed by atoms with Crippen LogP contribution in [0, 0.1) is 0 Å². The summed E-state index contributed by atoms with van der Waals surface area (Å²) in [5.74, 6) is 0.419. The molecular weight excluding hydrogens is 424 g/mol. The topological polar surface area (TPSA) is 6.48 Å². The summed E-state index contributed by atoms with van der Waals surface area (Å²) < 4.78 is 0. The summed E-state index contributed by atoms with van der Waals surface area (Å²) in [4.78, 5) is 4.56. The highest BCUT2D eigenvalue weighted by Gasteiger charge is 2.25. The van der Waals surface area contributed by atoms with Crippen molar-refractivity contribution in [1.82, 2.24) is 0 Å². The molecule has 2 nitrogen and oxygen atoms in total. The minimum atomic E-state index is 0.419. The maximum Gasteiger partial charge on any atom is 0.0463 e. The molecule has 0 saturated carbocycles. The molecule has 0 saturated heterocycles. The highest BCUT2D eigenvalue weighted by Crippen LogP contribution is 2.46. The second kappa shape index (κ2) is 8.81. The van der Waals surface area contributed by atoms with E-state index in [4.69, 9.17) is 0 Å². The van der Waals surface area contributed by atoms with Crippen LogP contribution in [-0.4, -0.2) is 7.05 Å². The first-order valence-corrected chi connectivity index (χ1v) is 12.2. The van der Waals surface area contributed by atoms with Crippen molar-refractivity contribution in [3.63, 3.8) is 0 Å². The molecule has 0 radical (unpaired) electrons. The molecule has 0 aromatic heterocycles. The van der Waals surface area contributed by atoms with Crippen LogP contribution in [-0.2, 0) is 0 Å². The summed E-state index contributed by atoms with van der Waals surface area (Å²) in [6.07, 6.45) is 0. The van der Waals surface area contributed by atoms with Crippen molar-refractivity contribution in [2.24, 2.45) is 0 Å². The van der Waals surface area contributed by atoms with Crippen LogP contribution in [0.5, 0.6) is 0 Å². The zero-order chi connectivity index (χ0) is 23.8. The number of hydrogen-bond acceptors (Lipinski definition) is 2. The van der Waals surface area contributed by atoms with E-state index in [0.717, 1.165) is 22.7 Å². The Balaban J connectivity index is 1.32. The van der Waals surface area contributed by atoms with Crippen LogP contribution in [0.4, 0.5) is 28.4 Å². The average Bonchev–Trinajstić information content (AvgIpc) is 3.21. The molecule has 35 heavy (non-hydrogen) atoms. The molecule has 0 aliphatic heterocycles. The molecule has 170 valence electrons. The van der Waals surface area contributed by atoms with E-state index in [-0.39, 0.29) is 0 Å². The van der Waals surface area contributed by atoms with E-state index in [1.807, 2.05) is 0 Å². The Hall–Kier alpha value is -4.30. The lowest BCUT2D eigenvalue weighted by atomic mass is 9.99. The monoisotopic (exact) mass is 452 g/mol. The molecule has 0 spiro atoms. The zero-order valence-electron chi connectivity index (χ0n) is 20.1. The van der Waals surface area contributed by atoms with Crippen LogP contribution in [0.25, 0.3) is 11.1 Å². The molecule has 5 aromatic rings. The minimum Gasteiger partial charge on any atom is -0.345 e. The molecular formula is C33H28N2. The lowest BCUT2D eigenvalue weighted by Crippen LogP contribution is -2.12. The molecule has 2 heteroatoms. The van der Waals surface area contributed by atoms with Gasteiger partial charge in [-0.2, -0.15) is 0 Å². The zero-order valence-corrected chi connectivity index (χ0v) is 20.1. The van der Waals surface area contributed by atoms with Crippen LogP contribution in [0.3, 0.4) is 0 Å². The predicted molar refractivity (Wildman–Crippen MR) is 149 cm³/mol. The number of anilines is 5. The fourth-order valence-corrected chi connectivity index (χ4v) is 5.23. The highest BCUT2D eigenvalue weighted by atomic mass is 15.1. The largest absolute Gasteiger partial charge is 0.345 e. The van der Waals surface area contributed by atoms with Crippen LogP contribution in [0.2, 0.25) is 0 Å². The fraction of sp³-hybridized carbons (Fsp3) is 0.0909. The van der Waals surface area contributed by atoms with E-state index >= 15 is 0 Å². The second-order valence-corrected chi connectivity index (χ2v) is 9.16. The Morgan fingerprint density at radius 1 is 0.457 bits per heavy atom. The minimum absolute atomic E-state index is 0.419. The summed E-state index contributed by atoms with van der Waals surface area (Å²) in [7, 11) is 2.15. The molecule has 1 aliphatic carbocycles. The smallest absolute Gasteiger partial charge is 0.0463 e. The van der Waals surface area contributed by atoms with E-state index in [9.17, 15) is 0 Å². The maximum atomic E-state index is 2.36. The summed E-state index contributed by atoms with van der Waals surface area (Å²) >= 11 is 0. The van der Waals surface area contributed by atoms with Crippen LogP contribution in [0.1, 0.15) is 24.0 Å². The first-order valence-electron chi connectivity index (χ1n) is 12.2. The average molecular weight is 453 g/mol. The van der Waals surface area contributed by atoms with Gasteiger partial charge < -0.3 is 9.80 Å². The number of rotatable bonds is 5. The van der Waals surface area contributed by atoms with Gasteiger partial charge in [-0.3, -0.25) is 0 Å². The third kappa shape index (κ3) is 3.77. The fourth-order valence-electron chi connectivity index (χ4n) is 5.23. The van der Waals surface area contributed by atoms with Gasteiger partial charge in [0.1, 0.15) is 0 Å². The van der Waals surface area contributed by atoms with Crippen molar-refractivity contribution in [3.05, 3.63) is 139 Å². The van der Waals surface area contributed by atoms with E-state index < -0.39 is 0 Å². The van der Waals surface area contributed by atoms with Crippen molar-refractivity contribution in [2.45, 2.75) is 12.8 Å². The van der Waals surface area contributed by atoms with E-state index in [0.29, 0.717) is 5.92 Å². The lowest BCUT2D eigenvalue weighted by molar-refractivity contribution is 0.955. The number of hydrogen-bond donors (Lipinski definition) is 0. The molecule has 1 unspecified atom stereocenters. The molecule has 6 rings (SSSR count). The molecule has 1 aliphatic rings. The third-order valence-corrected chi connectivity index (χ3v) is 7.13. The first-order chi connectivity index (χ1) is 17.2. The highest BCUT2D eigenvalue weighted by molar-refractivity contribution is 5.82. The standard InChI is InChI=1S/C33H28N2/c1-24-30-15-9-10-16-31(30)32-22-21-29(23-33(24)32)34(2)25-17-19-28(20-18-25)35(26-11-5-3-6-12-26)27-13-7-4-8-14-27/h3-24H,1-2H3. The van der Waals surface area contributed by atoms with Gasteiger partial charge in [0.25, 0.3) is 0 Å². The Kier molecular flexibility index (Phi) is 5.35. The van der Waals surface area contributed by atoms with Gasteiger partial charge in [-0.15, -0.1) is 0 Å². The van der Waals surface area contributed by atoms with Gasteiger partial charge in [-0.1, -0.05) is 73.7 Å². The van der Waals surface area contributed by atoms with Gasteiger partial charge >= 0.3 is 0 Å². The van der Waals surface area contributed by atoms with E-state index in [1.165, 1.54) is 27.9 Å². The van der Waals surface area contributed by atoms with Crippen molar-refractivity contribution < 1.29 is 0 Å². The Morgan fingerprint density at radius 3 is 1.60 bits per heavy atom. The van der Waals surface area contributed by atoms with Crippen LogP contribution < -0.4 is 9.80 Å². The summed E-state index contributed by atoms with van der Waals surface area (Å²) in [5, 5.41) is 0. The van der Waals surface area contributed by atoms with E-state index in [2.05, 4.69) is 151 Å². The van der Waals surface area contributed by atoms with Gasteiger partial charge in [0.15, 0.2) is 0 Å². The third-order valence-electron chi connectivity index (χ3n) is 7.13. The number of para-hydroxylation sites is 2. The molecule has 0 amide bonds. The maximum absolute atomic E-state index is 2.36. The lowest BCUT2D eigenvalue weighted by Gasteiger charge is -2.26. The van der Waals surface area contributed by atoms with Gasteiger partial charge in [0.05, 0.1) is 0 Å². The predicted octanol–water partition coefficient (Wildman–Crippen LogP) is 9.06. The van der Waals surface area contributed by atoms with Crippen molar-refractivity contribution >= 4 is 28.4 Å². The molecule has 0 heterocycles. The number of nitrogens with zero attached hydrogens (tertiary/aromatic N) is 2. The second-order valence-electron chi connectivity index (χ2n) is 9.16. The van der Waals surface area contributed by atoms with Gasteiger partial charge in [-0.05, 0) is 82.9 Å². The quantitative estimate of drug-likeness (QED) is 0.262. The summed E-state index contributed by atoms with van der Waals surface area (Å²) in [6.45, 7) is 2.31. The summed E-state index contributed by atoms with van der Waals surface area (Å²) in [5.41, 5.74) is 11.4. The van der Waals surface area contributed by atoms with Crippen LogP contribution in [0.15, 0.2) is 127 Å². The Labute approximate surface area is 207 Å². The SMILES string of the molecule is CC1c2ccccc2-c2ccc(N(C)c3ccc(N(c4ccccc4)c4ccccc4)cc3)cc21. The van der Waals surface area contributed by atoms with E-state index in [1.54, 1.807) is 0 Å². The van der Waals surface area contributed by atoms with Crippen molar-refractivity contribution in [3.8, 4) is 11.1 Å². The van der Waals surface area contributed by atoms with Crippen LogP contribution >= 0.6 is 0 Å². The number of fused-ring (bicyclic) bond motifs is 3. The Bertz CT molecular complexity index is 1420. The molecule has 0 bridgehead atoms. The Morgan fingerprint density at radius 2 is 0.943 bits per heavy atom. The molecule has 0 fully saturated rings. The van der Waals surface area contributed by atoms with Gasteiger partial charge in [0, 0.05) is 41.4 Å². The summed E-state index contributed by atoms with van der Waals surface area (Å²) in [6, 6.07) is 45.5.